The number of amides is 1. The van der Waals surface area contributed by atoms with Crippen molar-refractivity contribution in [2.24, 2.45) is 0 Å². The van der Waals surface area contributed by atoms with Crippen LogP contribution in [0.15, 0.2) is 40.9 Å². The van der Waals surface area contributed by atoms with Gasteiger partial charge in [0.15, 0.2) is 0 Å². The molecule has 3 rings (SSSR count). The van der Waals surface area contributed by atoms with Crippen LogP contribution in [-0.2, 0) is 16.4 Å². The van der Waals surface area contributed by atoms with Gasteiger partial charge in [0, 0.05) is 22.3 Å². The molecule has 0 aromatic heterocycles. The molecule has 1 aliphatic rings. The number of nitrogens with one attached hydrogen (secondary N) is 1. The molecule has 2 aromatic rings. The highest BCUT2D eigenvalue weighted by Gasteiger charge is 2.26. The maximum atomic E-state index is 12.7. The third kappa shape index (κ3) is 3.78. The number of anilines is 2. The maximum Gasteiger partial charge on any atom is 0.255 e. The normalized spacial score (nSPS) is 13.8. The first-order valence-electron chi connectivity index (χ1n) is 8.38. The Labute approximate surface area is 162 Å². The summed E-state index contributed by atoms with van der Waals surface area (Å²) in [5, 5.41) is 2.98. The number of carbonyl (C=O) groups is 1. The lowest BCUT2D eigenvalue weighted by Crippen LogP contribution is -2.27. The van der Waals surface area contributed by atoms with Crippen LogP contribution in [0, 0.1) is 0 Å². The van der Waals surface area contributed by atoms with Crippen LogP contribution in [-0.4, -0.2) is 27.1 Å². The fraction of sp³-hybridized carbons (Fsp3) is 0.316. The molecule has 0 radical (unpaired) electrons. The fourth-order valence-electron chi connectivity index (χ4n) is 3.18. The molecule has 2 aromatic carbocycles. The number of benzene rings is 2. The monoisotopic (exact) mass is 436 g/mol. The average molecular weight is 437 g/mol. The maximum absolute atomic E-state index is 12.7. The van der Waals surface area contributed by atoms with Crippen LogP contribution < -0.4 is 9.62 Å². The Balaban J connectivity index is 1.87. The quantitative estimate of drug-likeness (QED) is 0.782. The van der Waals surface area contributed by atoms with E-state index in [1.54, 1.807) is 18.2 Å². The molecule has 1 amide bonds. The SMILES string of the molecule is CC(C)c1cc(Br)ccc1NC(=O)c1ccc2c(c1)CCN2S(C)(=O)=O. The summed E-state index contributed by atoms with van der Waals surface area (Å²) in [5.74, 6) is 0.0703. The number of hydrogen-bond acceptors (Lipinski definition) is 3. The van der Waals surface area contributed by atoms with E-state index in [1.165, 1.54) is 10.6 Å². The second-order valence-electron chi connectivity index (χ2n) is 6.77. The van der Waals surface area contributed by atoms with E-state index in [-0.39, 0.29) is 11.8 Å². The third-order valence-electron chi connectivity index (χ3n) is 4.48. The van der Waals surface area contributed by atoms with E-state index in [2.05, 4.69) is 35.1 Å². The van der Waals surface area contributed by atoms with Crippen LogP contribution in [0.4, 0.5) is 11.4 Å². The zero-order chi connectivity index (χ0) is 19.1. The van der Waals surface area contributed by atoms with E-state index >= 15 is 0 Å². The minimum Gasteiger partial charge on any atom is -0.322 e. The Morgan fingerprint density at radius 1 is 1.19 bits per heavy atom. The Bertz CT molecular complexity index is 971. The zero-order valence-corrected chi connectivity index (χ0v) is 17.3. The zero-order valence-electron chi connectivity index (χ0n) is 14.9. The highest BCUT2D eigenvalue weighted by molar-refractivity contribution is 9.10. The molecule has 0 saturated heterocycles. The summed E-state index contributed by atoms with van der Waals surface area (Å²) in [6, 6.07) is 11.0. The lowest BCUT2D eigenvalue weighted by molar-refractivity contribution is 0.102. The van der Waals surface area contributed by atoms with Gasteiger partial charge < -0.3 is 5.32 Å². The summed E-state index contributed by atoms with van der Waals surface area (Å²) >= 11 is 3.46. The van der Waals surface area contributed by atoms with E-state index in [0.29, 0.717) is 24.2 Å². The molecule has 26 heavy (non-hydrogen) atoms. The van der Waals surface area contributed by atoms with E-state index in [0.717, 1.165) is 21.3 Å². The van der Waals surface area contributed by atoms with Crippen molar-refractivity contribution in [2.45, 2.75) is 26.2 Å². The second kappa shape index (κ2) is 7.04. The Kier molecular flexibility index (Phi) is 5.12. The molecular weight excluding hydrogens is 416 g/mol. The van der Waals surface area contributed by atoms with Crippen molar-refractivity contribution in [2.75, 3.05) is 22.4 Å². The summed E-state index contributed by atoms with van der Waals surface area (Å²) < 4.78 is 26.0. The number of hydrogen-bond donors (Lipinski definition) is 1. The van der Waals surface area contributed by atoms with Crippen molar-refractivity contribution in [3.8, 4) is 0 Å². The Morgan fingerprint density at radius 3 is 2.58 bits per heavy atom. The van der Waals surface area contributed by atoms with Crippen molar-refractivity contribution in [3.63, 3.8) is 0 Å². The van der Waals surface area contributed by atoms with Crippen LogP contribution >= 0.6 is 15.9 Å². The molecule has 0 unspecified atom stereocenters. The fourth-order valence-corrected chi connectivity index (χ4v) is 4.51. The molecule has 1 N–H and O–H groups in total. The third-order valence-corrected chi connectivity index (χ3v) is 6.15. The van der Waals surface area contributed by atoms with Gasteiger partial charge in [-0.2, -0.15) is 0 Å². The molecule has 0 aliphatic carbocycles. The van der Waals surface area contributed by atoms with Gasteiger partial charge >= 0.3 is 0 Å². The predicted molar refractivity (Wildman–Crippen MR) is 109 cm³/mol. The number of nitrogens with zero attached hydrogens (tertiary/aromatic N) is 1. The van der Waals surface area contributed by atoms with Gasteiger partial charge in [-0.25, -0.2) is 8.42 Å². The largest absolute Gasteiger partial charge is 0.322 e. The van der Waals surface area contributed by atoms with Gasteiger partial charge in [0.25, 0.3) is 5.91 Å². The van der Waals surface area contributed by atoms with Gasteiger partial charge in [-0.1, -0.05) is 29.8 Å². The second-order valence-corrected chi connectivity index (χ2v) is 9.59. The number of sulfonamides is 1. The standard InChI is InChI=1S/C19H21BrN2O3S/c1-12(2)16-11-15(20)5-6-17(16)21-19(23)14-4-7-18-13(10-14)8-9-22(18)26(3,24)25/h4-7,10-12H,8-9H2,1-3H3,(H,21,23). The number of carbonyl (C=O) groups excluding carboxylic acids is 1. The van der Waals surface area contributed by atoms with E-state index in [1.807, 2.05) is 18.2 Å². The molecule has 1 aliphatic heterocycles. The molecule has 1 heterocycles. The first-order chi connectivity index (χ1) is 12.2. The van der Waals surface area contributed by atoms with Crippen molar-refractivity contribution in [1.29, 1.82) is 0 Å². The van der Waals surface area contributed by atoms with Crippen molar-refractivity contribution in [3.05, 3.63) is 57.6 Å². The first kappa shape index (κ1) is 18.9. The number of halogens is 1. The van der Waals surface area contributed by atoms with Crippen LogP contribution in [0.1, 0.15) is 41.3 Å². The van der Waals surface area contributed by atoms with Gasteiger partial charge in [0.1, 0.15) is 0 Å². The van der Waals surface area contributed by atoms with Crippen molar-refractivity contribution >= 4 is 43.2 Å². The molecular formula is C19H21BrN2O3S. The van der Waals surface area contributed by atoms with Crippen LogP contribution in [0.5, 0.6) is 0 Å². The van der Waals surface area contributed by atoms with Crippen LogP contribution in [0.25, 0.3) is 0 Å². The topological polar surface area (TPSA) is 66.5 Å². The Hall–Kier alpha value is -1.86. The van der Waals surface area contributed by atoms with Crippen LogP contribution in [0.2, 0.25) is 0 Å². The minimum absolute atomic E-state index is 0.199. The lowest BCUT2D eigenvalue weighted by Gasteiger charge is -2.17. The average Bonchev–Trinajstić information content (AvgIpc) is 2.99. The van der Waals surface area contributed by atoms with E-state index in [4.69, 9.17) is 0 Å². The minimum atomic E-state index is -3.29. The summed E-state index contributed by atoms with van der Waals surface area (Å²) in [5.41, 5.74) is 3.90. The lowest BCUT2D eigenvalue weighted by atomic mass is 10.0. The predicted octanol–water partition coefficient (Wildman–Crippen LogP) is 4.15. The number of rotatable bonds is 4. The molecule has 0 saturated carbocycles. The van der Waals surface area contributed by atoms with Crippen molar-refractivity contribution < 1.29 is 13.2 Å². The van der Waals surface area contributed by atoms with E-state index < -0.39 is 10.0 Å². The van der Waals surface area contributed by atoms with Gasteiger partial charge in [0.05, 0.1) is 11.9 Å². The van der Waals surface area contributed by atoms with Crippen LogP contribution in [0.3, 0.4) is 0 Å². The number of fused-ring (bicyclic) bond motifs is 1. The summed E-state index contributed by atoms with van der Waals surface area (Å²) in [6.07, 6.45) is 1.81. The van der Waals surface area contributed by atoms with Crippen molar-refractivity contribution in [1.82, 2.24) is 0 Å². The smallest absolute Gasteiger partial charge is 0.255 e. The summed E-state index contributed by atoms with van der Waals surface area (Å²) in [4.78, 5) is 12.7. The molecule has 0 spiro atoms. The van der Waals surface area contributed by atoms with Gasteiger partial charge in [-0.3, -0.25) is 9.10 Å². The van der Waals surface area contributed by atoms with E-state index in [9.17, 15) is 13.2 Å². The van der Waals surface area contributed by atoms with Gasteiger partial charge in [-0.15, -0.1) is 0 Å². The molecule has 7 heteroatoms. The molecule has 0 fully saturated rings. The molecule has 5 nitrogen and oxygen atoms in total. The molecule has 138 valence electrons. The Morgan fingerprint density at radius 2 is 1.92 bits per heavy atom. The molecule has 0 bridgehead atoms. The highest BCUT2D eigenvalue weighted by atomic mass is 79.9. The first-order valence-corrected chi connectivity index (χ1v) is 11.0. The summed E-state index contributed by atoms with van der Waals surface area (Å²) in [7, 11) is -3.29. The summed E-state index contributed by atoms with van der Waals surface area (Å²) in [6.45, 7) is 4.57. The van der Waals surface area contributed by atoms with Gasteiger partial charge in [0.2, 0.25) is 10.0 Å². The van der Waals surface area contributed by atoms with Gasteiger partial charge in [-0.05, 0) is 59.9 Å². The molecule has 0 atom stereocenters. The highest BCUT2D eigenvalue weighted by Crippen LogP contribution is 2.32.